The molecule has 0 unspecified atom stereocenters. The standard InChI is InChI=1S/C11H11IO3/c12-7-10(13)6-11(14)15-8-9-4-2-1-3-5-9/h1-5H,6-8H2. The first-order valence-corrected chi connectivity index (χ1v) is 6.02. The van der Waals surface area contributed by atoms with E-state index in [0.29, 0.717) is 4.43 Å². The van der Waals surface area contributed by atoms with Crippen molar-refractivity contribution in [2.75, 3.05) is 4.43 Å². The Balaban J connectivity index is 2.32. The maximum absolute atomic E-state index is 11.1. The Morgan fingerprint density at radius 2 is 1.87 bits per heavy atom. The van der Waals surface area contributed by atoms with E-state index in [1.807, 2.05) is 52.9 Å². The van der Waals surface area contributed by atoms with Crippen molar-refractivity contribution >= 4 is 34.3 Å². The van der Waals surface area contributed by atoms with Crippen LogP contribution in [0.4, 0.5) is 0 Å². The summed E-state index contributed by atoms with van der Waals surface area (Å²) in [6.07, 6.45) is -0.129. The number of rotatable bonds is 5. The van der Waals surface area contributed by atoms with Crippen LogP contribution in [0, 0.1) is 0 Å². The average molecular weight is 318 g/mol. The largest absolute Gasteiger partial charge is 0.460 e. The fourth-order valence-electron chi connectivity index (χ4n) is 0.997. The number of alkyl halides is 1. The number of ether oxygens (including phenoxy) is 1. The Morgan fingerprint density at radius 1 is 1.20 bits per heavy atom. The van der Waals surface area contributed by atoms with E-state index in [9.17, 15) is 9.59 Å². The average Bonchev–Trinajstić information content (AvgIpc) is 2.27. The van der Waals surface area contributed by atoms with Gasteiger partial charge in [-0.2, -0.15) is 0 Å². The van der Waals surface area contributed by atoms with Gasteiger partial charge in [-0.25, -0.2) is 0 Å². The van der Waals surface area contributed by atoms with Crippen molar-refractivity contribution in [2.24, 2.45) is 0 Å². The van der Waals surface area contributed by atoms with Crippen molar-refractivity contribution in [3.63, 3.8) is 0 Å². The predicted octanol–water partition coefficient (Wildman–Crippen LogP) is 2.12. The van der Waals surface area contributed by atoms with Gasteiger partial charge in [0.25, 0.3) is 0 Å². The molecule has 4 heteroatoms. The first-order valence-electron chi connectivity index (χ1n) is 4.49. The van der Waals surface area contributed by atoms with Crippen LogP contribution < -0.4 is 0 Å². The predicted molar refractivity (Wildman–Crippen MR) is 64.7 cm³/mol. The molecule has 0 saturated carbocycles. The van der Waals surface area contributed by atoms with Gasteiger partial charge in [-0.3, -0.25) is 9.59 Å². The van der Waals surface area contributed by atoms with Gasteiger partial charge in [0.05, 0.1) is 4.43 Å². The minimum atomic E-state index is -0.458. The van der Waals surface area contributed by atoms with Crippen LogP contribution >= 0.6 is 22.6 Å². The Kier molecular flexibility index (Phi) is 5.31. The Morgan fingerprint density at radius 3 is 2.47 bits per heavy atom. The van der Waals surface area contributed by atoms with Gasteiger partial charge in [0, 0.05) is 0 Å². The molecule has 80 valence electrons. The zero-order valence-corrected chi connectivity index (χ0v) is 10.3. The molecule has 0 heterocycles. The van der Waals surface area contributed by atoms with Crippen LogP contribution in [-0.4, -0.2) is 16.2 Å². The number of carbonyl (C=O) groups is 2. The van der Waals surface area contributed by atoms with Crippen molar-refractivity contribution < 1.29 is 14.3 Å². The number of hydrogen-bond donors (Lipinski definition) is 0. The summed E-state index contributed by atoms with van der Waals surface area (Å²) < 4.78 is 5.28. The zero-order chi connectivity index (χ0) is 11.1. The summed E-state index contributed by atoms with van der Waals surface area (Å²) in [5.41, 5.74) is 0.924. The van der Waals surface area contributed by atoms with Crippen LogP contribution in [0.2, 0.25) is 0 Å². The summed E-state index contributed by atoms with van der Waals surface area (Å²) in [5, 5.41) is 0. The van der Waals surface area contributed by atoms with Gasteiger partial charge in [0.1, 0.15) is 13.0 Å². The molecule has 0 bridgehead atoms. The number of hydrogen-bond acceptors (Lipinski definition) is 3. The molecule has 0 fully saturated rings. The summed E-state index contributed by atoms with van der Waals surface area (Å²) in [5.74, 6) is -0.561. The smallest absolute Gasteiger partial charge is 0.313 e. The maximum Gasteiger partial charge on any atom is 0.313 e. The molecule has 0 spiro atoms. The highest BCUT2D eigenvalue weighted by molar-refractivity contribution is 14.1. The van der Waals surface area contributed by atoms with E-state index in [0.717, 1.165) is 5.56 Å². The van der Waals surface area contributed by atoms with E-state index >= 15 is 0 Å². The second kappa shape index (κ2) is 6.55. The molecule has 0 N–H and O–H groups in total. The highest BCUT2D eigenvalue weighted by atomic mass is 127. The summed E-state index contributed by atoms with van der Waals surface area (Å²) in [6, 6.07) is 9.38. The third-order valence-corrected chi connectivity index (χ3v) is 2.58. The monoisotopic (exact) mass is 318 g/mol. The summed E-state index contributed by atoms with van der Waals surface area (Å²) in [6.45, 7) is 0.230. The SMILES string of the molecule is O=C(CI)CC(=O)OCc1ccccc1. The van der Waals surface area contributed by atoms with E-state index in [1.165, 1.54) is 0 Å². The molecule has 3 nitrogen and oxygen atoms in total. The van der Waals surface area contributed by atoms with Gasteiger partial charge in [0.15, 0.2) is 5.78 Å². The van der Waals surface area contributed by atoms with Crippen LogP contribution in [0.25, 0.3) is 0 Å². The minimum Gasteiger partial charge on any atom is -0.460 e. The molecule has 0 atom stereocenters. The molecule has 0 aliphatic rings. The summed E-state index contributed by atoms with van der Waals surface area (Å²) >= 11 is 1.93. The number of esters is 1. The highest BCUT2D eigenvalue weighted by Crippen LogP contribution is 2.02. The van der Waals surface area contributed by atoms with Gasteiger partial charge in [-0.05, 0) is 5.56 Å². The van der Waals surface area contributed by atoms with Gasteiger partial charge in [0.2, 0.25) is 0 Å². The lowest BCUT2D eigenvalue weighted by atomic mass is 10.2. The molecule has 0 aliphatic heterocycles. The lowest BCUT2D eigenvalue weighted by Gasteiger charge is -2.03. The number of benzene rings is 1. The Labute approximate surface area is 102 Å². The topological polar surface area (TPSA) is 43.4 Å². The van der Waals surface area contributed by atoms with Gasteiger partial charge in [-0.1, -0.05) is 52.9 Å². The molecule has 15 heavy (non-hydrogen) atoms. The lowest BCUT2D eigenvalue weighted by Crippen LogP contribution is -2.11. The van der Waals surface area contributed by atoms with Crippen LogP contribution in [-0.2, 0) is 20.9 Å². The molecular formula is C11H11IO3. The number of Topliss-reactive ketones (excluding diaryl/α,β-unsaturated/α-hetero) is 1. The van der Waals surface area contributed by atoms with Crippen LogP contribution in [0.5, 0.6) is 0 Å². The molecule has 1 rings (SSSR count). The van der Waals surface area contributed by atoms with Crippen LogP contribution in [0.15, 0.2) is 30.3 Å². The van der Waals surface area contributed by atoms with E-state index < -0.39 is 5.97 Å². The Hall–Kier alpha value is -0.910. The first-order chi connectivity index (χ1) is 7.22. The molecule has 0 aromatic heterocycles. The molecule has 0 saturated heterocycles. The van der Waals surface area contributed by atoms with E-state index in [4.69, 9.17) is 4.74 Å². The molecule has 0 radical (unpaired) electrons. The number of carbonyl (C=O) groups excluding carboxylic acids is 2. The molecule has 1 aromatic rings. The fraction of sp³-hybridized carbons (Fsp3) is 0.273. The molecule has 1 aromatic carbocycles. The van der Waals surface area contributed by atoms with E-state index in [-0.39, 0.29) is 18.8 Å². The van der Waals surface area contributed by atoms with E-state index in [1.54, 1.807) is 0 Å². The zero-order valence-electron chi connectivity index (χ0n) is 8.11. The number of halogens is 1. The van der Waals surface area contributed by atoms with Crippen molar-refractivity contribution in [1.29, 1.82) is 0 Å². The molecule has 0 amide bonds. The summed E-state index contributed by atoms with van der Waals surface area (Å²) in [7, 11) is 0. The number of ketones is 1. The normalized spacial score (nSPS) is 9.67. The third kappa shape index (κ3) is 4.92. The van der Waals surface area contributed by atoms with Crippen molar-refractivity contribution in [2.45, 2.75) is 13.0 Å². The third-order valence-electron chi connectivity index (χ3n) is 1.73. The van der Waals surface area contributed by atoms with Gasteiger partial charge >= 0.3 is 5.97 Å². The van der Waals surface area contributed by atoms with Crippen LogP contribution in [0.1, 0.15) is 12.0 Å². The van der Waals surface area contributed by atoms with Crippen LogP contribution in [0.3, 0.4) is 0 Å². The molecule has 0 aliphatic carbocycles. The minimum absolute atomic E-state index is 0.103. The van der Waals surface area contributed by atoms with Gasteiger partial charge < -0.3 is 4.74 Å². The van der Waals surface area contributed by atoms with Crippen molar-refractivity contribution in [1.82, 2.24) is 0 Å². The van der Waals surface area contributed by atoms with Gasteiger partial charge in [-0.15, -0.1) is 0 Å². The van der Waals surface area contributed by atoms with Crippen molar-refractivity contribution in [3.05, 3.63) is 35.9 Å². The lowest BCUT2D eigenvalue weighted by molar-refractivity contribution is -0.146. The second-order valence-corrected chi connectivity index (χ2v) is 3.76. The van der Waals surface area contributed by atoms with E-state index in [2.05, 4.69) is 0 Å². The maximum atomic E-state index is 11.1. The second-order valence-electron chi connectivity index (χ2n) is 3.00. The fourth-order valence-corrected chi connectivity index (χ4v) is 1.27. The first kappa shape index (κ1) is 12.2. The molecular weight excluding hydrogens is 307 g/mol. The highest BCUT2D eigenvalue weighted by Gasteiger charge is 2.08. The Bertz CT molecular complexity index is 335. The summed E-state index contributed by atoms with van der Waals surface area (Å²) in [4.78, 5) is 22.1. The quantitative estimate of drug-likeness (QED) is 0.361. The van der Waals surface area contributed by atoms with Crippen molar-refractivity contribution in [3.8, 4) is 0 Å².